The number of hydrogen-bond acceptors (Lipinski definition) is 10. The fourth-order valence-corrected chi connectivity index (χ4v) is 6.91. The monoisotopic (exact) mass is 742 g/mol. The number of nitro groups is 2. The van der Waals surface area contributed by atoms with Crippen LogP contribution in [-0.4, -0.2) is 35.8 Å². The fourth-order valence-electron chi connectivity index (χ4n) is 5.54. The highest BCUT2D eigenvalue weighted by atomic mass is 31.2. The average Bonchev–Trinajstić information content (AvgIpc) is 3.14. The lowest BCUT2D eigenvalue weighted by Crippen LogP contribution is -2.28. The SMILES string of the molecule is CCCCCCCCCCCCCCCCCCOC[C@H](COc1ccccc1)OP(=O)(Oc1ccc([N+](=O)[O-])cc1)Oc1ccc([N+](=O)[O-])cc1. The van der Waals surface area contributed by atoms with Crippen molar-refractivity contribution in [2.24, 2.45) is 0 Å². The first-order valence-corrected chi connectivity index (χ1v) is 20.2. The second kappa shape index (κ2) is 25.1. The molecule has 0 bridgehead atoms. The Balaban J connectivity index is 1.49. The smallest absolute Gasteiger partial charge is 0.491 e. The Morgan fingerprint density at radius 1 is 0.558 bits per heavy atom. The van der Waals surface area contributed by atoms with Gasteiger partial charge in [0.15, 0.2) is 0 Å². The molecule has 13 heteroatoms. The highest BCUT2D eigenvalue weighted by Gasteiger charge is 2.36. The second-order valence-electron chi connectivity index (χ2n) is 12.9. The van der Waals surface area contributed by atoms with E-state index in [-0.39, 0.29) is 36.1 Å². The number of phosphoric acid groups is 1. The van der Waals surface area contributed by atoms with E-state index < -0.39 is 23.8 Å². The lowest BCUT2D eigenvalue weighted by atomic mass is 10.0. The van der Waals surface area contributed by atoms with Gasteiger partial charge in [-0.15, -0.1) is 0 Å². The molecule has 286 valence electrons. The second-order valence-corrected chi connectivity index (χ2v) is 14.3. The van der Waals surface area contributed by atoms with Crippen molar-refractivity contribution in [1.29, 1.82) is 0 Å². The zero-order valence-corrected chi connectivity index (χ0v) is 31.3. The van der Waals surface area contributed by atoms with Crippen molar-refractivity contribution < 1.29 is 37.5 Å². The number of rotatable bonds is 30. The molecule has 3 aromatic carbocycles. The molecule has 12 nitrogen and oxygen atoms in total. The van der Waals surface area contributed by atoms with Gasteiger partial charge in [-0.25, -0.2) is 4.57 Å². The van der Waals surface area contributed by atoms with Gasteiger partial charge in [-0.05, 0) is 42.8 Å². The van der Waals surface area contributed by atoms with Gasteiger partial charge in [-0.1, -0.05) is 121 Å². The third-order valence-corrected chi connectivity index (χ3v) is 9.86. The minimum Gasteiger partial charge on any atom is -0.491 e. The van der Waals surface area contributed by atoms with Gasteiger partial charge >= 0.3 is 7.82 Å². The van der Waals surface area contributed by atoms with Gasteiger partial charge in [0, 0.05) is 30.9 Å². The quantitative estimate of drug-likeness (QED) is 0.0279. The number of unbranched alkanes of at least 4 members (excludes halogenated alkanes) is 15. The first-order chi connectivity index (χ1) is 25.3. The van der Waals surface area contributed by atoms with Crippen molar-refractivity contribution >= 4 is 19.2 Å². The zero-order chi connectivity index (χ0) is 37.3. The van der Waals surface area contributed by atoms with Crippen LogP contribution in [0.5, 0.6) is 17.2 Å². The molecule has 0 unspecified atom stereocenters. The normalized spacial score (nSPS) is 11.9. The van der Waals surface area contributed by atoms with Crippen LogP contribution in [0.25, 0.3) is 0 Å². The van der Waals surface area contributed by atoms with Crippen molar-refractivity contribution in [1.82, 2.24) is 0 Å². The van der Waals surface area contributed by atoms with Crippen LogP contribution in [0.1, 0.15) is 110 Å². The van der Waals surface area contributed by atoms with Crippen molar-refractivity contribution in [3.05, 3.63) is 99.1 Å². The van der Waals surface area contributed by atoms with Gasteiger partial charge in [0.25, 0.3) is 11.4 Å². The minimum atomic E-state index is -4.51. The molecule has 0 spiro atoms. The zero-order valence-electron chi connectivity index (χ0n) is 30.4. The molecule has 0 aliphatic heterocycles. The lowest BCUT2D eigenvalue weighted by Gasteiger charge is -2.24. The van der Waals surface area contributed by atoms with Crippen LogP contribution >= 0.6 is 7.82 Å². The molecule has 0 aromatic heterocycles. The third-order valence-electron chi connectivity index (χ3n) is 8.43. The van der Waals surface area contributed by atoms with E-state index in [1.54, 1.807) is 12.1 Å². The number of ether oxygens (including phenoxy) is 2. The van der Waals surface area contributed by atoms with Crippen molar-refractivity contribution in [3.8, 4) is 17.2 Å². The van der Waals surface area contributed by atoms with E-state index in [1.165, 1.54) is 132 Å². The van der Waals surface area contributed by atoms with Gasteiger partial charge in [0.05, 0.1) is 16.5 Å². The third kappa shape index (κ3) is 18.0. The molecule has 0 N–H and O–H groups in total. The lowest BCUT2D eigenvalue weighted by molar-refractivity contribution is -0.385. The van der Waals surface area contributed by atoms with E-state index in [4.69, 9.17) is 23.0 Å². The maximum absolute atomic E-state index is 14.2. The molecule has 1 atom stereocenters. The molecule has 52 heavy (non-hydrogen) atoms. The predicted octanol–water partition coefficient (Wildman–Crippen LogP) is 11.8. The van der Waals surface area contributed by atoms with E-state index in [2.05, 4.69) is 6.92 Å². The Morgan fingerprint density at radius 3 is 1.40 bits per heavy atom. The molecule has 0 saturated heterocycles. The highest BCUT2D eigenvalue weighted by Crippen LogP contribution is 2.51. The fraction of sp³-hybridized carbons (Fsp3) is 0.538. The number of phosphoric ester groups is 1. The maximum Gasteiger partial charge on any atom is 0.588 e. The standard InChI is InChI=1S/C39H55N2O10P/c1-2-3-4-5-6-7-8-9-10-11-12-13-14-15-16-20-31-47-32-39(33-48-36-21-18-17-19-22-36)51-52(46,49-37-27-23-34(24-28-37)40(42)43)50-38-29-25-35(26-30-38)41(44)45/h17-19,21-30,39H,2-16,20,31-33H2,1H3/t39-/m1/s1. The van der Waals surface area contributed by atoms with Gasteiger partial charge in [-0.2, -0.15) is 0 Å². The summed E-state index contributed by atoms with van der Waals surface area (Å²) in [6.45, 7) is 2.69. The van der Waals surface area contributed by atoms with Gasteiger partial charge in [-0.3, -0.25) is 24.8 Å². The molecule has 0 saturated carbocycles. The maximum atomic E-state index is 14.2. The Hall–Kier alpha value is -3.99. The number of non-ortho nitro benzene ring substituents is 2. The number of benzene rings is 3. The molecule has 0 aliphatic carbocycles. The first kappa shape index (κ1) is 42.4. The predicted molar refractivity (Wildman–Crippen MR) is 202 cm³/mol. The van der Waals surface area contributed by atoms with Crippen LogP contribution in [-0.2, 0) is 13.8 Å². The van der Waals surface area contributed by atoms with E-state index in [1.807, 2.05) is 18.2 Å². The summed E-state index contributed by atoms with van der Waals surface area (Å²) in [4.78, 5) is 21.1. The Kier molecular flexibility index (Phi) is 20.4. The van der Waals surface area contributed by atoms with E-state index in [0.717, 1.165) is 19.3 Å². The largest absolute Gasteiger partial charge is 0.588 e. The van der Waals surface area contributed by atoms with E-state index >= 15 is 0 Å². The summed E-state index contributed by atoms with van der Waals surface area (Å²) in [5.74, 6) is 0.552. The molecular formula is C39H55N2O10P. The molecule has 0 amide bonds. The van der Waals surface area contributed by atoms with Crippen molar-refractivity contribution in [2.45, 2.75) is 116 Å². The summed E-state index contributed by atoms with van der Waals surface area (Å²) in [7, 11) is -4.51. The molecule has 0 fully saturated rings. The topological polar surface area (TPSA) is 150 Å². The first-order valence-electron chi connectivity index (χ1n) is 18.7. The number of hydrogen-bond donors (Lipinski definition) is 0. The highest BCUT2D eigenvalue weighted by molar-refractivity contribution is 7.49. The Labute approximate surface area is 308 Å². The van der Waals surface area contributed by atoms with Crippen LogP contribution in [0.3, 0.4) is 0 Å². The summed E-state index contributed by atoms with van der Waals surface area (Å²) >= 11 is 0. The number of para-hydroxylation sites is 1. The summed E-state index contributed by atoms with van der Waals surface area (Å²) < 4.78 is 43.3. The van der Waals surface area contributed by atoms with Gasteiger partial charge in [0.2, 0.25) is 0 Å². The van der Waals surface area contributed by atoms with E-state index in [9.17, 15) is 24.8 Å². The van der Waals surface area contributed by atoms with E-state index in [0.29, 0.717) is 12.4 Å². The molecule has 0 radical (unpaired) electrons. The van der Waals surface area contributed by atoms with Crippen LogP contribution in [0.15, 0.2) is 78.9 Å². The minimum absolute atomic E-state index is 0.00680. The summed E-state index contributed by atoms with van der Waals surface area (Å²) in [6, 6.07) is 18.9. The average molecular weight is 743 g/mol. The van der Waals surface area contributed by atoms with Gasteiger partial charge < -0.3 is 18.5 Å². The van der Waals surface area contributed by atoms with Crippen LogP contribution in [0, 0.1) is 20.2 Å². The molecule has 3 rings (SSSR count). The number of nitro benzene ring substituents is 2. The summed E-state index contributed by atoms with van der Waals surface area (Å²) in [5, 5.41) is 22.3. The molecular weight excluding hydrogens is 687 g/mol. The molecule has 0 aliphatic rings. The summed E-state index contributed by atoms with van der Waals surface area (Å²) in [6.07, 6.45) is 19.5. The molecule has 3 aromatic rings. The van der Waals surface area contributed by atoms with Crippen LogP contribution in [0.2, 0.25) is 0 Å². The Morgan fingerprint density at radius 2 is 0.981 bits per heavy atom. The van der Waals surface area contributed by atoms with Crippen LogP contribution < -0.4 is 13.8 Å². The van der Waals surface area contributed by atoms with Gasteiger partial charge in [0.1, 0.15) is 30.0 Å². The Bertz CT molecular complexity index is 1390. The van der Waals surface area contributed by atoms with Crippen LogP contribution in [0.4, 0.5) is 11.4 Å². The van der Waals surface area contributed by atoms with Crippen molar-refractivity contribution in [2.75, 3.05) is 19.8 Å². The van der Waals surface area contributed by atoms with Crippen molar-refractivity contribution in [3.63, 3.8) is 0 Å². The summed E-state index contributed by atoms with van der Waals surface area (Å²) in [5.41, 5.74) is -0.369. The molecule has 0 heterocycles. The number of nitrogens with zero attached hydrogens (tertiary/aromatic N) is 2.